The predicted octanol–water partition coefficient (Wildman–Crippen LogP) is 4.05. The molecule has 162 valence electrons. The quantitative estimate of drug-likeness (QED) is 0.574. The van der Waals surface area contributed by atoms with Gasteiger partial charge in [0.15, 0.2) is 5.82 Å². The summed E-state index contributed by atoms with van der Waals surface area (Å²) in [7, 11) is 0. The Bertz CT molecular complexity index is 1120. The molecule has 3 aromatic rings. The van der Waals surface area contributed by atoms with E-state index >= 15 is 0 Å². The molecule has 0 saturated heterocycles. The molecule has 13 heteroatoms. The molecule has 0 amide bonds. The van der Waals surface area contributed by atoms with Crippen molar-refractivity contribution in [3.05, 3.63) is 59.4 Å². The minimum absolute atomic E-state index is 0.114. The molecule has 2 aromatic heterocycles. The zero-order chi connectivity index (χ0) is 22.4. The fourth-order valence-electron chi connectivity index (χ4n) is 3.30. The Morgan fingerprint density at radius 1 is 0.968 bits per heavy atom. The maximum atomic E-state index is 13.8. The van der Waals surface area contributed by atoms with E-state index in [1.165, 1.54) is 28.3 Å². The third-order valence-electron chi connectivity index (χ3n) is 4.68. The first kappa shape index (κ1) is 20.8. The monoisotopic (exact) mass is 441 g/mol. The van der Waals surface area contributed by atoms with Crippen LogP contribution in [0.1, 0.15) is 35.5 Å². The molecule has 0 N–H and O–H groups in total. The maximum Gasteiger partial charge on any atom is 0.418 e. The Hall–Kier alpha value is -3.51. The van der Waals surface area contributed by atoms with Gasteiger partial charge in [0.2, 0.25) is 0 Å². The smallest absolute Gasteiger partial charge is 0.341 e. The number of aromatic nitrogens is 5. The number of halogens is 6. The first-order valence-electron chi connectivity index (χ1n) is 8.83. The largest absolute Gasteiger partial charge is 0.418 e. The van der Waals surface area contributed by atoms with Crippen LogP contribution in [-0.4, -0.2) is 37.6 Å². The minimum Gasteiger partial charge on any atom is -0.341 e. The Morgan fingerprint density at radius 3 is 2.32 bits per heavy atom. The fraction of sp³-hybridized carbons (Fsp3) is 0.278. The van der Waals surface area contributed by atoms with Crippen molar-refractivity contribution in [1.82, 2.24) is 24.7 Å². The summed E-state index contributed by atoms with van der Waals surface area (Å²) in [6.07, 6.45) is -4.85. The topological polar surface area (TPSA) is 72.1 Å². The molecule has 1 unspecified atom stereocenters. The average Bonchev–Trinajstić information content (AvgIpc) is 3.21. The molecule has 0 bridgehead atoms. The molecule has 3 heterocycles. The summed E-state index contributed by atoms with van der Waals surface area (Å²) in [4.78, 5) is 17.4. The van der Waals surface area contributed by atoms with Gasteiger partial charge in [0.05, 0.1) is 22.9 Å². The van der Waals surface area contributed by atoms with Crippen LogP contribution in [0.4, 0.5) is 32.0 Å². The number of hydrogen-bond acceptors (Lipinski definition) is 6. The molecular formula is C18H13F6N7. The van der Waals surface area contributed by atoms with Crippen molar-refractivity contribution in [3.8, 4) is 5.95 Å². The fourth-order valence-corrected chi connectivity index (χ4v) is 3.30. The van der Waals surface area contributed by atoms with E-state index in [2.05, 4.69) is 25.0 Å². The lowest BCUT2D eigenvalue weighted by molar-refractivity contribution is -0.142. The van der Waals surface area contributed by atoms with E-state index < -0.39 is 35.2 Å². The Kier molecular flexibility index (Phi) is 4.90. The normalized spacial score (nSPS) is 15.1. The lowest BCUT2D eigenvalue weighted by Crippen LogP contribution is -2.34. The van der Waals surface area contributed by atoms with E-state index in [1.54, 1.807) is 13.0 Å². The van der Waals surface area contributed by atoms with Crippen LogP contribution in [0.2, 0.25) is 0 Å². The summed E-state index contributed by atoms with van der Waals surface area (Å²) in [6.45, 7) is 1.33. The van der Waals surface area contributed by atoms with Gasteiger partial charge in [-0.15, -0.1) is 0 Å². The molecule has 1 atom stereocenters. The molecule has 1 aliphatic heterocycles. The van der Waals surface area contributed by atoms with Gasteiger partial charge < -0.3 is 4.90 Å². The van der Waals surface area contributed by atoms with Crippen molar-refractivity contribution in [1.29, 1.82) is 0 Å². The predicted molar refractivity (Wildman–Crippen MR) is 96.8 cm³/mol. The second kappa shape index (κ2) is 7.32. The average molecular weight is 441 g/mol. The summed E-state index contributed by atoms with van der Waals surface area (Å²) in [5.74, 6) is 0.341. The highest BCUT2D eigenvalue weighted by Crippen LogP contribution is 2.45. The van der Waals surface area contributed by atoms with Gasteiger partial charge in [0.1, 0.15) is 13.0 Å². The van der Waals surface area contributed by atoms with E-state index in [9.17, 15) is 26.3 Å². The van der Waals surface area contributed by atoms with Crippen molar-refractivity contribution in [2.45, 2.75) is 25.3 Å². The van der Waals surface area contributed by atoms with Crippen molar-refractivity contribution in [3.63, 3.8) is 0 Å². The number of benzene rings is 1. The molecule has 0 radical (unpaired) electrons. The highest BCUT2D eigenvalue weighted by Gasteiger charge is 2.42. The van der Waals surface area contributed by atoms with Gasteiger partial charge in [0.25, 0.3) is 5.95 Å². The van der Waals surface area contributed by atoms with Crippen LogP contribution in [0.5, 0.6) is 0 Å². The van der Waals surface area contributed by atoms with Crippen LogP contribution in [0, 0.1) is 0 Å². The van der Waals surface area contributed by atoms with Gasteiger partial charge in [-0.2, -0.15) is 36.1 Å². The van der Waals surface area contributed by atoms with Crippen LogP contribution in [0.15, 0.2) is 41.9 Å². The van der Waals surface area contributed by atoms with E-state index in [-0.39, 0.29) is 30.1 Å². The Morgan fingerprint density at radius 2 is 1.68 bits per heavy atom. The van der Waals surface area contributed by atoms with Crippen molar-refractivity contribution in [2.24, 2.45) is 4.99 Å². The van der Waals surface area contributed by atoms with Crippen molar-refractivity contribution < 1.29 is 26.3 Å². The van der Waals surface area contributed by atoms with Gasteiger partial charge in [-0.1, -0.05) is 0 Å². The van der Waals surface area contributed by atoms with Crippen LogP contribution in [-0.2, 0) is 12.4 Å². The summed E-state index contributed by atoms with van der Waals surface area (Å²) in [5, 5.41) is 4.02. The Balaban J connectivity index is 1.84. The molecular weight excluding hydrogens is 428 g/mol. The highest BCUT2D eigenvalue weighted by molar-refractivity contribution is 5.92. The SMILES string of the molecule is CC(c1ncnn1-c1ncccn1)N1CN=Cc2cc(C(F)(F)F)cc(C(F)(F)F)c21. The summed E-state index contributed by atoms with van der Waals surface area (Å²) >= 11 is 0. The summed E-state index contributed by atoms with van der Waals surface area (Å²) < 4.78 is 82.1. The van der Waals surface area contributed by atoms with Gasteiger partial charge in [-0.3, -0.25) is 4.99 Å². The van der Waals surface area contributed by atoms with E-state index in [0.717, 1.165) is 6.21 Å². The van der Waals surface area contributed by atoms with Gasteiger partial charge in [-0.05, 0) is 25.1 Å². The molecule has 1 aliphatic rings. The van der Waals surface area contributed by atoms with Crippen molar-refractivity contribution in [2.75, 3.05) is 11.6 Å². The van der Waals surface area contributed by atoms with E-state index in [0.29, 0.717) is 6.07 Å². The lowest BCUT2D eigenvalue weighted by atomic mass is 9.99. The molecule has 1 aromatic carbocycles. The van der Waals surface area contributed by atoms with Gasteiger partial charge in [-0.25, -0.2) is 15.0 Å². The first-order valence-corrected chi connectivity index (χ1v) is 8.83. The molecule has 7 nitrogen and oxygen atoms in total. The Labute approximate surface area is 171 Å². The number of nitrogens with zero attached hydrogens (tertiary/aromatic N) is 7. The molecule has 31 heavy (non-hydrogen) atoms. The number of hydrogen-bond donors (Lipinski definition) is 0. The number of aliphatic imine (C=N–C) groups is 1. The number of fused-ring (bicyclic) bond motifs is 1. The molecule has 0 aliphatic carbocycles. The van der Waals surface area contributed by atoms with Crippen LogP contribution in [0.3, 0.4) is 0 Å². The third kappa shape index (κ3) is 3.82. The highest BCUT2D eigenvalue weighted by atomic mass is 19.4. The van der Waals surface area contributed by atoms with Gasteiger partial charge in [0, 0.05) is 24.2 Å². The summed E-state index contributed by atoms with van der Waals surface area (Å²) in [6, 6.07) is 1.49. The first-order chi connectivity index (χ1) is 14.6. The summed E-state index contributed by atoms with van der Waals surface area (Å²) in [5.41, 5.74) is -3.51. The second-order valence-electron chi connectivity index (χ2n) is 6.63. The van der Waals surface area contributed by atoms with E-state index in [1.807, 2.05) is 0 Å². The molecule has 4 rings (SSSR count). The zero-order valence-electron chi connectivity index (χ0n) is 15.7. The number of anilines is 1. The van der Waals surface area contributed by atoms with Crippen LogP contribution in [0.25, 0.3) is 5.95 Å². The van der Waals surface area contributed by atoms with Crippen molar-refractivity contribution >= 4 is 11.9 Å². The standard InChI is InChI=1S/C18H13F6N7/c1-10(15-28-8-29-31(15)16-26-3-2-4-27-16)30-9-25-7-11-5-12(17(19,20)21)6-13(14(11)30)18(22,23)24/h2-8,10H,9H2,1H3. The molecule has 0 spiro atoms. The van der Waals surface area contributed by atoms with Gasteiger partial charge >= 0.3 is 12.4 Å². The van der Waals surface area contributed by atoms with Crippen LogP contribution < -0.4 is 4.90 Å². The zero-order valence-corrected chi connectivity index (χ0v) is 15.7. The maximum absolute atomic E-state index is 13.8. The van der Waals surface area contributed by atoms with Crippen LogP contribution >= 0.6 is 0 Å². The minimum atomic E-state index is -5.02. The molecule has 0 saturated carbocycles. The number of rotatable bonds is 3. The lowest BCUT2D eigenvalue weighted by Gasteiger charge is -2.35. The number of alkyl halides is 6. The third-order valence-corrected chi connectivity index (χ3v) is 4.68. The molecule has 0 fully saturated rings. The second-order valence-corrected chi connectivity index (χ2v) is 6.63. The van der Waals surface area contributed by atoms with E-state index in [4.69, 9.17) is 0 Å².